The molecule has 34 heavy (non-hydrogen) atoms. The standard InChI is InChI=1S/C28H29N3O3/c1-33-23-13-11-21(12-14-23)19-27-29-25-9-5-6-10-26(25)31(27)22-15-17-30(18-16-22)28(32)20-34-24-7-3-2-4-8-24/h2-14,22H,15-20H2,1H3. The van der Waals surface area contributed by atoms with E-state index in [9.17, 15) is 4.79 Å². The number of fused-ring (bicyclic) bond motifs is 1. The number of carbonyl (C=O) groups excluding carboxylic acids is 1. The monoisotopic (exact) mass is 455 g/mol. The Kier molecular flexibility index (Phi) is 6.47. The predicted octanol–water partition coefficient (Wildman–Crippen LogP) is 4.88. The molecule has 0 atom stereocenters. The van der Waals surface area contributed by atoms with E-state index >= 15 is 0 Å². The summed E-state index contributed by atoms with van der Waals surface area (Å²) in [5, 5.41) is 0. The summed E-state index contributed by atoms with van der Waals surface area (Å²) in [5.74, 6) is 2.67. The van der Waals surface area contributed by atoms with Gasteiger partial charge < -0.3 is 18.9 Å². The van der Waals surface area contributed by atoms with Gasteiger partial charge in [0, 0.05) is 25.6 Å². The van der Waals surface area contributed by atoms with E-state index in [1.807, 2.05) is 53.4 Å². The molecule has 1 aliphatic heterocycles. The van der Waals surface area contributed by atoms with Crippen LogP contribution in [0.5, 0.6) is 11.5 Å². The summed E-state index contributed by atoms with van der Waals surface area (Å²) in [7, 11) is 1.68. The first-order valence-electron chi connectivity index (χ1n) is 11.8. The van der Waals surface area contributed by atoms with Crippen LogP contribution in [0.4, 0.5) is 0 Å². The number of aromatic nitrogens is 2. The Hall–Kier alpha value is -3.80. The normalized spacial score (nSPS) is 14.3. The lowest BCUT2D eigenvalue weighted by Crippen LogP contribution is -2.41. The molecule has 1 aliphatic rings. The van der Waals surface area contributed by atoms with Crippen molar-refractivity contribution < 1.29 is 14.3 Å². The average molecular weight is 456 g/mol. The molecule has 0 aliphatic carbocycles. The van der Waals surface area contributed by atoms with Crippen molar-refractivity contribution in [3.05, 3.63) is 90.3 Å². The third kappa shape index (κ3) is 4.76. The molecule has 0 saturated carbocycles. The molecule has 0 spiro atoms. The second-order valence-electron chi connectivity index (χ2n) is 8.63. The number of benzene rings is 3. The van der Waals surface area contributed by atoms with Crippen LogP contribution in [-0.2, 0) is 11.2 Å². The number of likely N-dealkylation sites (tertiary alicyclic amines) is 1. The smallest absolute Gasteiger partial charge is 0.260 e. The predicted molar refractivity (Wildman–Crippen MR) is 132 cm³/mol. The molecule has 4 aromatic rings. The summed E-state index contributed by atoms with van der Waals surface area (Å²) in [4.78, 5) is 19.6. The molecule has 1 saturated heterocycles. The number of methoxy groups -OCH3 is 1. The number of ether oxygens (including phenoxy) is 2. The van der Waals surface area contributed by atoms with Crippen molar-refractivity contribution in [2.45, 2.75) is 25.3 Å². The van der Waals surface area contributed by atoms with Crippen LogP contribution in [0.3, 0.4) is 0 Å². The maximum atomic E-state index is 12.7. The van der Waals surface area contributed by atoms with Crippen molar-refractivity contribution in [1.29, 1.82) is 0 Å². The third-order valence-electron chi connectivity index (χ3n) is 6.48. The molecule has 0 N–H and O–H groups in total. The molecule has 1 fully saturated rings. The van der Waals surface area contributed by atoms with E-state index < -0.39 is 0 Å². The van der Waals surface area contributed by atoms with Gasteiger partial charge in [0.25, 0.3) is 5.91 Å². The summed E-state index contributed by atoms with van der Waals surface area (Å²) >= 11 is 0. The van der Waals surface area contributed by atoms with E-state index in [1.165, 1.54) is 5.56 Å². The number of hydrogen-bond donors (Lipinski definition) is 0. The molecule has 1 amide bonds. The summed E-state index contributed by atoms with van der Waals surface area (Å²) < 4.78 is 13.4. The Morgan fingerprint density at radius 3 is 2.35 bits per heavy atom. The van der Waals surface area contributed by atoms with Crippen LogP contribution >= 0.6 is 0 Å². The van der Waals surface area contributed by atoms with Crippen molar-refractivity contribution in [3.8, 4) is 11.5 Å². The first-order valence-corrected chi connectivity index (χ1v) is 11.8. The zero-order valence-corrected chi connectivity index (χ0v) is 19.4. The minimum atomic E-state index is 0.0382. The summed E-state index contributed by atoms with van der Waals surface area (Å²) in [6, 6.07) is 26.3. The van der Waals surface area contributed by atoms with Gasteiger partial charge in [0.1, 0.15) is 17.3 Å². The van der Waals surface area contributed by atoms with Crippen molar-refractivity contribution >= 4 is 16.9 Å². The van der Waals surface area contributed by atoms with Crippen LogP contribution in [0, 0.1) is 0 Å². The second kappa shape index (κ2) is 10.00. The van der Waals surface area contributed by atoms with Crippen molar-refractivity contribution in [2.24, 2.45) is 0 Å². The van der Waals surface area contributed by atoms with Gasteiger partial charge in [-0.15, -0.1) is 0 Å². The number of imidazole rings is 1. The molecule has 0 bridgehead atoms. The first kappa shape index (κ1) is 22.0. The van der Waals surface area contributed by atoms with Crippen LogP contribution in [0.25, 0.3) is 11.0 Å². The molecule has 3 aromatic carbocycles. The zero-order valence-electron chi connectivity index (χ0n) is 19.4. The highest BCUT2D eigenvalue weighted by molar-refractivity contribution is 5.78. The van der Waals surface area contributed by atoms with Crippen LogP contribution in [0.1, 0.15) is 30.3 Å². The number of amides is 1. The molecular weight excluding hydrogens is 426 g/mol. The maximum absolute atomic E-state index is 12.7. The fourth-order valence-electron chi connectivity index (χ4n) is 4.68. The van der Waals surface area contributed by atoms with Gasteiger partial charge in [0.2, 0.25) is 0 Å². The van der Waals surface area contributed by atoms with E-state index in [2.05, 4.69) is 34.9 Å². The van der Waals surface area contributed by atoms with Gasteiger partial charge in [-0.2, -0.15) is 0 Å². The van der Waals surface area contributed by atoms with Gasteiger partial charge in [-0.3, -0.25) is 4.79 Å². The molecule has 5 rings (SSSR count). The molecule has 174 valence electrons. The summed E-state index contributed by atoms with van der Waals surface area (Å²) in [6.07, 6.45) is 2.54. The highest BCUT2D eigenvalue weighted by Gasteiger charge is 2.27. The Morgan fingerprint density at radius 2 is 1.62 bits per heavy atom. The maximum Gasteiger partial charge on any atom is 0.260 e. The van der Waals surface area contributed by atoms with Crippen LogP contribution in [0.2, 0.25) is 0 Å². The van der Waals surface area contributed by atoms with E-state index in [1.54, 1.807) is 7.11 Å². The van der Waals surface area contributed by atoms with Gasteiger partial charge in [0.15, 0.2) is 6.61 Å². The minimum Gasteiger partial charge on any atom is -0.497 e. The number of para-hydroxylation sites is 3. The van der Waals surface area contributed by atoms with Gasteiger partial charge in [-0.25, -0.2) is 4.98 Å². The minimum absolute atomic E-state index is 0.0382. The summed E-state index contributed by atoms with van der Waals surface area (Å²) in [5.41, 5.74) is 3.37. The average Bonchev–Trinajstić information content (AvgIpc) is 3.26. The highest BCUT2D eigenvalue weighted by Crippen LogP contribution is 2.30. The molecule has 6 heteroatoms. The fraction of sp³-hybridized carbons (Fsp3) is 0.286. The number of nitrogens with zero attached hydrogens (tertiary/aromatic N) is 3. The number of rotatable bonds is 7. The third-order valence-corrected chi connectivity index (χ3v) is 6.48. The van der Waals surface area contributed by atoms with Crippen molar-refractivity contribution in [1.82, 2.24) is 14.5 Å². The fourth-order valence-corrected chi connectivity index (χ4v) is 4.68. The van der Waals surface area contributed by atoms with Gasteiger partial charge in [-0.05, 0) is 54.8 Å². The Balaban J connectivity index is 1.29. The van der Waals surface area contributed by atoms with Crippen molar-refractivity contribution in [3.63, 3.8) is 0 Å². The van der Waals surface area contributed by atoms with Crippen LogP contribution in [0.15, 0.2) is 78.9 Å². The van der Waals surface area contributed by atoms with Gasteiger partial charge in [0.05, 0.1) is 18.1 Å². The molecule has 0 radical (unpaired) electrons. The van der Waals surface area contributed by atoms with Crippen LogP contribution in [-0.4, -0.2) is 47.2 Å². The van der Waals surface area contributed by atoms with Crippen LogP contribution < -0.4 is 9.47 Å². The molecule has 1 aromatic heterocycles. The number of piperidine rings is 1. The largest absolute Gasteiger partial charge is 0.497 e. The number of carbonyl (C=O) groups is 1. The lowest BCUT2D eigenvalue weighted by molar-refractivity contribution is -0.134. The quantitative estimate of drug-likeness (QED) is 0.399. The lowest BCUT2D eigenvalue weighted by Gasteiger charge is -2.33. The lowest BCUT2D eigenvalue weighted by atomic mass is 10.0. The SMILES string of the molecule is COc1ccc(Cc2nc3ccccc3n2C2CCN(C(=O)COc3ccccc3)CC2)cc1. The second-order valence-corrected chi connectivity index (χ2v) is 8.63. The summed E-state index contributed by atoms with van der Waals surface area (Å²) in [6.45, 7) is 1.51. The van der Waals surface area contributed by atoms with E-state index in [0.29, 0.717) is 6.04 Å². The Bertz CT molecular complexity index is 1240. The van der Waals surface area contributed by atoms with E-state index in [4.69, 9.17) is 14.5 Å². The van der Waals surface area contributed by atoms with E-state index in [-0.39, 0.29) is 12.5 Å². The molecule has 0 unspecified atom stereocenters. The first-order chi connectivity index (χ1) is 16.7. The molecule has 6 nitrogen and oxygen atoms in total. The Labute approximate surface area is 199 Å². The van der Waals surface area contributed by atoms with E-state index in [0.717, 1.165) is 60.7 Å². The van der Waals surface area contributed by atoms with Crippen molar-refractivity contribution in [2.75, 3.05) is 26.8 Å². The highest BCUT2D eigenvalue weighted by atomic mass is 16.5. The number of hydrogen-bond acceptors (Lipinski definition) is 4. The topological polar surface area (TPSA) is 56.6 Å². The van der Waals surface area contributed by atoms with Gasteiger partial charge in [-0.1, -0.05) is 42.5 Å². The Morgan fingerprint density at radius 1 is 0.912 bits per heavy atom. The molecule has 2 heterocycles. The van der Waals surface area contributed by atoms with Gasteiger partial charge >= 0.3 is 0 Å². The molecular formula is C28H29N3O3. The zero-order chi connectivity index (χ0) is 23.3.